The molecule has 0 spiro atoms. The van der Waals surface area contributed by atoms with E-state index in [0.717, 1.165) is 23.5 Å². The van der Waals surface area contributed by atoms with Gasteiger partial charge in [0.15, 0.2) is 0 Å². The largest absolute Gasteiger partial charge is 0.327 e. The topological polar surface area (TPSA) is 81.8 Å². The maximum absolute atomic E-state index is 13.9. The second kappa shape index (κ2) is 9.22. The van der Waals surface area contributed by atoms with Crippen LogP contribution in [0.25, 0.3) is 0 Å². The number of imide groups is 1. The van der Waals surface area contributed by atoms with Crippen LogP contribution in [-0.4, -0.2) is 52.8 Å². The van der Waals surface area contributed by atoms with Gasteiger partial charge in [-0.05, 0) is 49.2 Å². The number of hydrogen-bond donors (Lipinski definition) is 2. The van der Waals surface area contributed by atoms with Crippen LogP contribution in [0.5, 0.6) is 0 Å². The molecule has 0 saturated carbocycles. The van der Waals surface area contributed by atoms with Gasteiger partial charge in [0.1, 0.15) is 24.2 Å². The normalized spacial score (nSPS) is 20.8. The molecule has 4 rings (SSSR count). The van der Waals surface area contributed by atoms with E-state index in [9.17, 15) is 23.2 Å². The number of halogens is 3. The molecule has 7 nitrogen and oxygen atoms in total. The van der Waals surface area contributed by atoms with Gasteiger partial charge in [0.05, 0.1) is 18.3 Å². The summed E-state index contributed by atoms with van der Waals surface area (Å²) in [7, 11) is 0. The van der Waals surface area contributed by atoms with E-state index >= 15 is 0 Å². The molecule has 0 radical (unpaired) electrons. The molecular formula is C22H21ClF2N4O3. The van der Waals surface area contributed by atoms with Crippen molar-refractivity contribution in [2.45, 2.75) is 31.5 Å². The number of fused-ring (bicyclic) bond motifs is 1. The fourth-order valence-corrected chi connectivity index (χ4v) is 4.18. The lowest BCUT2D eigenvalue weighted by Crippen LogP contribution is -2.70. The van der Waals surface area contributed by atoms with Crippen molar-refractivity contribution < 1.29 is 23.2 Å². The van der Waals surface area contributed by atoms with Crippen molar-refractivity contribution in [3.8, 4) is 0 Å². The third-order valence-corrected chi connectivity index (χ3v) is 5.86. The van der Waals surface area contributed by atoms with Gasteiger partial charge in [0.2, 0.25) is 11.8 Å². The molecule has 2 aliphatic heterocycles. The van der Waals surface area contributed by atoms with Gasteiger partial charge in [-0.25, -0.2) is 13.6 Å². The predicted molar refractivity (Wildman–Crippen MR) is 114 cm³/mol. The average molecular weight is 463 g/mol. The number of benzene rings is 2. The van der Waals surface area contributed by atoms with Crippen LogP contribution in [0.4, 0.5) is 19.3 Å². The minimum absolute atomic E-state index is 0.0322. The summed E-state index contributed by atoms with van der Waals surface area (Å²) in [5, 5.41) is 6.05. The minimum atomic E-state index is -0.917. The van der Waals surface area contributed by atoms with Gasteiger partial charge in [-0.2, -0.15) is 0 Å². The number of nitrogens with zero attached hydrogens (tertiary/aromatic N) is 2. The van der Waals surface area contributed by atoms with E-state index in [0.29, 0.717) is 29.6 Å². The molecular weight excluding hydrogens is 442 g/mol. The lowest BCUT2D eigenvalue weighted by molar-refractivity contribution is -0.138. The smallest absolute Gasteiger partial charge is 0.322 e. The van der Waals surface area contributed by atoms with Gasteiger partial charge in [-0.1, -0.05) is 23.7 Å². The van der Waals surface area contributed by atoms with E-state index in [1.54, 1.807) is 24.3 Å². The molecule has 32 heavy (non-hydrogen) atoms. The fraction of sp³-hybridized carbons (Fsp3) is 0.318. The summed E-state index contributed by atoms with van der Waals surface area (Å²) in [6, 6.07) is 7.85. The van der Waals surface area contributed by atoms with E-state index in [2.05, 4.69) is 10.6 Å². The Morgan fingerprint density at radius 1 is 1.16 bits per heavy atom. The predicted octanol–water partition coefficient (Wildman–Crippen LogP) is 3.14. The van der Waals surface area contributed by atoms with Crippen molar-refractivity contribution in [3.05, 3.63) is 64.7 Å². The van der Waals surface area contributed by atoms with Crippen molar-refractivity contribution in [2.75, 3.05) is 18.4 Å². The molecule has 2 heterocycles. The summed E-state index contributed by atoms with van der Waals surface area (Å²) >= 11 is 5.91. The first-order chi connectivity index (χ1) is 15.3. The number of urea groups is 1. The van der Waals surface area contributed by atoms with Crippen molar-refractivity contribution >= 4 is 35.1 Å². The van der Waals surface area contributed by atoms with E-state index in [4.69, 9.17) is 11.6 Å². The number of hydrogen-bond acceptors (Lipinski definition) is 4. The standard InChI is InChI=1S/C22H21ClF2N4O3/c23-14-5-3-13(4-6-14)11-29-21(31)20-18(2-1-9-26-20)28(22(29)32)12-19(30)27-17-8-7-15(24)10-16(17)25/h3-8,10,18,20,26H,1-2,9,11-12H2,(H,27,30). The first-order valence-electron chi connectivity index (χ1n) is 10.2. The van der Waals surface area contributed by atoms with Gasteiger partial charge in [-0.15, -0.1) is 0 Å². The molecule has 2 N–H and O–H groups in total. The summed E-state index contributed by atoms with van der Waals surface area (Å²) in [5.74, 6) is -2.68. The zero-order valence-electron chi connectivity index (χ0n) is 17.0. The SMILES string of the molecule is O=C(CN1C(=O)N(Cc2ccc(Cl)cc2)C(=O)C2NCCCC21)Nc1ccc(F)cc1F. The molecule has 2 unspecified atom stereocenters. The van der Waals surface area contributed by atoms with Crippen LogP contribution in [0.1, 0.15) is 18.4 Å². The molecule has 4 amide bonds. The zero-order valence-corrected chi connectivity index (χ0v) is 17.7. The van der Waals surface area contributed by atoms with Crippen LogP contribution in [0.3, 0.4) is 0 Å². The molecule has 2 saturated heterocycles. The van der Waals surface area contributed by atoms with Crippen LogP contribution in [-0.2, 0) is 16.1 Å². The van der Waals surface area contributed by atoms with Crippen molar-refractivity contribution in [1.29, 1.82) is 0 Å². The molecule has 2 aromatic carbocycles. The Labute approximate surface area is 188 Å². The Hall–Kier alpha value is -3.04. The van der Waals surface area contributed by atoms with Crippen molar-refractivity contribution in [1.82, 2.24) is 15.1 Å². The number of nitrogens with one attached hydrogen (secondary N) is 2. The highest BCUT2D eigenvalue weighted by Crippen LogP contribution is 2.26. The second-order valence-corrected chi connectivity index (χ2v) is 8.21. The van der Waals surface area contributed by atoms with Crippen LogP contribution >= 0.6 is 11.6 Å². The summed E-state index contributed by atoms with van der Waals surface area (Å²) in [4.78, 5) is 41.3. The zero-order chi connectivity index (χ0) is 22.8. The van der Waals surface area contributed by atoms with Gasteiger partial charge < -0.3 is 15.5 Å². The lowest BCUT2D eigenvalue weighted by Gasteiger charge is -2.46. The Morgan fingerprint density at radius 2 is 1.91 bits per heavy atom. The number of rotatable bonds is 5. The quantitative estimate of drug-likeness (QED) is 0.715. The van der Waals surface area contributed by atoms with Crippen LogP contribution in [0.15, 0.2) is 42.5 Å². The summed E-state index contributed by atoms with van der Waals surface area (Å²) in [5.41, 5.74) is 0.524. The maximum atomic E-state index is 13.9. The number of piperidine rings is 1. The first kappa shape index (κ1) is 22.2. The monoisotopic (exact) mass is 462 g/mol. The highest BCUT2D eigenvalue weighted by atomic mass is 35.5. The van der Waals surface area contributed by atoms with Crippen molar-refractivity contribution in [3.63, 3.8) is 0 Å². The molecule has 0 bridgehead atoms. The Morgan fingerprint density at radius 3 is 2.62 bits per heavy atom. The highest BCUT2D eigenvalue weighted by molar-refractivity contribution is 6.30. The maximum Gasteiger partial charge on any atom is 0.327 e. The average Bonchev–Trinajstić information content (AvgIpc) is 2.77. The molecule has 2 fully saturated rings. The van der Waals surface area contributed by atoms with Gasteiger partial charge in [0, 0.05) is 11.1 Å². The van der Waals surface area contributed by atoms with Crippen LogP contribution in [0.2, 0.25) is 5.02 Å². The van der Waals surface area contributed by atoms with Gasteiger partial charge in [-0.3, -0.25) is 14.5 Å². The minimum Gasteiger partial charge on any atom is -0.322 e. The number of amides is 4. The summed E-state index contributed by atoms with van der Waals surface area (Å²) in [6.07, 6.45) is 1.30. The Kier molecular flexibility index (Phi) is 6.38. The Balaban J connectivity index is 1.54. The van der Waals surface area contributed by atoms with E-state index < -0.39 is 35.7 Å². The molecule has 2 aliphatic rings. The molecule has 0 aliphatic carbocycles. The molecule has 2 atom stereocenters. The van der Waals surface area contributed by atoms with Crippen LogP contribution in [0, 0.1) is 11.6 Å². The van der Waals surface area contributed by atoms with Gasteiger partial charge >= 0.3 is 6.03 Å². The second-order valence-electron chi connectivity index (χ2n) is 7.78. The molecule has 2 aromatic rings. The number of anilines is 1. The van der Waals surface area contributed by atoms with E-state index in [1.807, 2.05) is 0 Å². The molecule has 0 aromatic heterocycles. The molecule has 10 heteroatoms. The number of carbonyl (C=O) groups excluding carboxylic acids is 3. The van der Waals surface area contributed by atoms with Gasteiger partial charge in [0.25, 0.3) is 0 Å². The first-order valence-corrected chi connectivity index (χ1v) is 10.6. The fourth-order valence-electron chi connectivity index (χ4n) is 4.06. The van der Waals surface area contributed by atoms with E-state index in [-0.39, 0.29) is 24.7 Å². The Bertz CT molecular complexity index is 1050. The molecule has 168 valence electrons. The third kappa shape index (κ3) is 4.58. The van der Waals surface area contributed by atoms with Crippen LogP contribution < -0.4 is 10.6 Å². The lowest BCUT2D eigenvalue weighted by atomic mass is 9.93. The van der Waals surface area contributed by atoms with Crippen molar-refractivity contribution in [2.24, 2.45) is 0 Å². The number of carbonyl (C=O) groups is 3. The summed E-state index contributed by atoms with van der Waals surface area (Å²) in [6.45, 7) is 0.282. The van der Waals surface area contributed by atoms with E-state index in [1.165, 1.54) is 4.90 Å². The highest BCUT2D eigenvalue weighted by Gasteiger charge is 2.47. The summed E-state index contributed by atoms with van der Waals surface area (Å²) < 4.78 is 27.0. The third-order valence-electron chi connectivity index (χ3n) is 5.61.